The Balaban J connectivity index is 0.00000320. The van der Waals surface area contributed by atoms with E-state index in [9.17, 15) is 4.79 Å². The van der Waals surface area contributed by atoms with Crippen molar-refractivity contribution in [3.63, 3.8) is 0 Å². The third-order valence-corrected chi connectivity index (χ3v) is 5.44. The number of hydrogen-bond acceptors (Lipinski definition) is 6. The van der Waals surface area contributed by atoms with Gasteiger partial charge in [-0.3, -0.25) is 9.69 Å². The second kappa shape index (κ2) is 11.4. The van der Waals surface area contributed by atoms with Crippen LogP contribution >= 0.6 is 35.3 Å². The van der Waals surface area contributed by atoms with Crippen molar-refractivity contribution in [3.05, 3.63) is 47.5 Å². The van der Waals surface area contributed by atoms with Crippen LogP contribution in [0.5, 0.6) is 11.5 Å². The Bertz CT molecular complexity index is 964. The van der Waals surface area contributed by atoms with Crippen molar-refractivity contribution in [1.82, 2.24) is 9.88 Å². The van der Waals surface area contributed by atoms with Gasteiger partial charge in [0.05, 0.1) is 11.3 Å². The average Bonchev–Trinajstić information content (AvgIpc) is 3.12. The van der Waals surface area contributed by atoms with Crippen LogP contribution in [0.15, 0.2) is 42.5 Å². The van der Waals surface area contributed by atoms with Crippen LogP contribution in [-0.4, -0.2) is 56.2 Å². The minimum Gasteiger partial charge on any atom is -0.492 e. The zero-order valence-corrected chi connectivity index (χ0v) is 19.5. The number of anilines is 1. The van der Waals surface area contributed by atoms with Crippen LogP contribution in [0.4, 0.5) is 5.13 Å². The van der Waals surface area contributed by atoms with Gasteiger partial charge in [-0.2, -0.15) is 0 Å². The quantitative estimate of drug-likeness (QED) is 0.452. The van der Waals surface area contributed by atoms with Crippen LogP contribution < -0.4 is 14.4 Å². The summed E-state index contributed by atoms with van der Waals surface area (Å²) in [6, 6.07) is 12.8. The van der Waals surface area contributed by atoms with Gasteiger partial charge in [0.2, 0.25) is 0 Å². The molecule has 162 valence electrons. The van der Waals surface area contributed by atoms with E-state index >= 15 is 0 Å². The molecule has 2 aromatic carbocycles. The number of para-hydroxylation sites is 1. The van der Waals surface area contributed by atoms with Gasteiger partial charge in [-0.1, -0.05) is 29.0 Å². The second-order valence-electron chi connectivity index (χ2n) is 6.62. The number of benzene rings is 2. The molecule has 3 rings (SSSR count). The summed E-state index contributed by atoms with van der Waals surface area (Å²) in [7, 11) is 3.94. The molecule has 0 spiro atoms. The SMILES string of the molecule is CCOc1cccc2sc(N(CCN(C)C)C(=O)COc3ccc(Cl)cc3)nc12.Cl. The number of fused-ring (bicyclic) bond motifs is 1. The number of halogens is 2. The number of ether oxygens (including phenoxy) is 2. The third kappa shape index (κ3) is 6.22. The van der Waals surface area contributed by atoms with E-state index in [1.165, 1.54) is 11.3 Å². The zero-order valence-electron chi connectivity index (χ0n) is 17.1. The number of carbonyl (C=O) groups is 1. The molecule has 0 aliphatic heterocycles. The number of amides is 1. The standard InChI is InChI=1S/C21H24ClN3O3S.ClH/c1-4-27-17-6-5-7-18-20(17)23-21(29-18)25(13-12-24(2)3)19(26)14-28-16-10-8-15(22)9-11-16;/h5-11H,4,12-14H2,1-3H3;1H. The first-order valence-corrected chi connectivity index (χ1v) is 10.5. The Kier molecular flexibility index (Phi) is 9.17. The van der Waals surface area contributed by atoms with E-state index in [2.05, 4.69) is 0 Å². The third-order valence-electron chi connectivity index (χ3n) is 4.15. The first kappa shape index (κ1) is 24.2. The molecule has 0 saturated heterocycles. The summed E-state index contributed by atoms with van der Waals surface area (Å²) >= 11 is 7.37. The highest BCUT2D eigenvalue weighted by Crippen LogP contribution is 2.34. The molecular formula is C21H25Cl2N3O3S. The molecule has 1 heterocycles. The maximum atomic E-state index is 13.0. The van der Waals surface area contributed by atoms with Gasteiger partial charge < -0.3 is 14.4 Å². The number of likely N-dealkylation sites (N-methyl/N-ethyl adjacent to an activating group) is 1. The maximum absolute atomic E-state index is 13.0. The molecule has 1 amide bonds. The predicted molar refractivity (Wildman–Crippen MR) is 126 cm³/mol. The van der Waals surface area contributed by atoms with Gasteiger partial charge in [0.25, 0.3) is 5.91 Å². The van der Waals surface area contributed by atoms with Crippen molar-refractivity contribution >= 4 is 56.6 Å². The molecule has 0 radical (unpaired) electrons. The number of thiazole rings is 1. The zero-order chi connectivity index (χ0) is 20.8. The Hall–Kier alpha value is -2.06. The van der Waals surface area contributed by atoms with Gasteiger partial charge in [-0.25, -0.2) is 4.98 Å². The molecule has 0 bridgehead atoms. The van der Waals surface area contributed by atoms with Crippen molar-refractivity contribution in [2.24, 2.45) is 0 Å². The minimum absolute atomic E-state index is 0. The first-order chi connectivity index (χ1) is 14.0. The molecule has 0 saturated carbocycles. The predicted octanol–water partition coefficient (Wildman–Crippen LogP) is 4.74. The lowest BCUT2D eigenvalue weighted by Crippen LogP contribution is -2.39. The fraction of sp³-hybridized carbons (Fsp3) is 0.333. The monoisotopic (exact) mass is 469 g/mol. The van der Waals surface area contributed by atoms with E-state index in [0.29, 0.717) is 35.6 Å². The summed E-state index contributed by atoms with van der Waals surface area (Å²) in [6.07, 6.45) is 0. The van der Waals surface area contributed by atoms with E-state index in [0.717, 1.165) is 16.0 Å². The van der Waals surface area contributed by atoms with Crippen LogP contribution in [0.2, 0.25) is 5.02 Å². The van der Waals surface area contributed by atoms with Gasteiger partial charge in [0, 0.05) is 18.1 Å². The fourth-order valence-electron chi connectivity index (χ4n) is 2.68. The Morgan fingerprint density at radius 2 is 1.83 bits per heavy atom. The first-order valence-electron chi connectivity index (χ1n) is 9.33. The van der Waals surface area contributed by atoms with Crippen molar-refractivity contribution in [1.29, 1.82) is 0 Å². The summed E-state index contributed by atoms with van der Waals surface area (Å²) in [5.74, 6) is 1.17. The highest BCUT2D eigenvalue weighted by molar-refractivity contribution is 7.22. The largest absolute Gasteiger partial charge is 0.492 e. The molecule has 0 unspecified atom stereocenters. The average molecular weight is 470 g/mol. The second-order valence-corrected chi connectivity index (χ2v) is 8.07. The number of aromatic nitrogens is 1. The molecule has 0 fully saturated rings. The molecule has 0 N–H and O–H groups in total. The summed E-state index contributed by atoms with van der Waals surface area (Å²) in [5, 5.41) is 1.26. The molecule has 30 heavy (non-hydrogen) atoms. The van der Waals surface area contributed by atoms with Crippen molar-refractivity contribution in [2.75, 3.05) is 45.3 Å². The minimum atomic E-state index is -0.154. The van der Waals surface area contributed by atoms with Crippen LogP contribution in [0, 0.1) is 0 Å². The Morgan fingerprint density at radius 3 is 2.50 bits per heavy atom. The Morgan fingerprint density at radius 1 is 1.10 bits per heavy atom. The molecule has 9 heteroatoms. The number of carbonyl (C=O) groups excluding carboxylic acids is 1. The van der Waals surface area contributed by atoms with Crippen molar-refractivity contribution < 1.29 is 14.3 Å². The van der Waals surface area contributed by atoms with Crippen LogP contribution in [0.1, 0.15) is 6.92 Å². The summed E-state index contributed by atoms with van der Waals surface area (Å²) in [6.45, 7) is 3.64. The lowest BCUT2D eigenvalue weighted by molar-refractivity contribution is -0.120. The molecular weight excluding hydrogens is 445 g/mol. The lowest BCUT2D eigenvalue weighted by Gasteiger charge is -2.22. The van der Waals surface area contributed by atoms with Crippen molar-refractivity contribution in [3.8, 4) is 11.5 Å². The van der Waals surface area contributed by atoms with E-state index in [-0.39, 0.29) is 24.9 Å². The highest BCUT2D eigenvalue weighted by atomic mass is 35.5. The van der Waals surface area contributed by atoms with E-state index in [1.54, 1.807) is 29.2 Å². The molecule has 0 aliphatic carbocycles. The summed E-state index contributed by atoms with van der Waals surface area (Å²) in [4.78, 5) is 21.4. The van der Waals surface area contributed by atoms with Gasteiger partial charge >= 0.3 is 0 Å². The summed E-state index contributed by atoms with van der Waals surface area (Å²) < 4.78 is 12.3. The maximum Gasteiger partial charge on any atom is 0.266 e. The van der Waals surface area contributed by atoms with Crippen LogP contribution in [0.25, 0.3) is 10.2 Å². The highest BCUT2D eigenvalue weighted by Gasteiger charge is 2.21. The Labute approximate surface area is 191 Å². The van der Waals surface area contributed by atoms with Crippen molar-refractivity contribution in [2.45, 2.75) is 6.92 Å². The van der Waals surface area contributed by atoms with Gasteiger partial charge in [-0.05, 0) is 57.4 Å². The van der Waals surface area contributed by atoms with Crippen LogP contribution in [-0.2, 0) is 4.79 Å². The topological polar surface area (TPSA) is 54.9 Å². The molecule has 3 aromatic rings. The number of nitrogens with zero attached hydrogens (tertiary/aromatic N) is 3. The molecule has 1 aromatic heterocycles. The van der Waals surface area contributed by atoms with Gasteiger partial charge in [-0.15, -0.1) is 12.4 Å². The lowest BCUT2D eigenvalue weighted by atomic mass is 10.3. The van der Waals surface area contributed by atoms with E-state index in [1.807, 2.05) is 44.1 Å². The van der Waals surface area contributed by atoms with E-state index in [4.69, 9.17) is 26.1 Å². The smallest absolute Gasteiger partial charge is 0.266 e. The number of hydrogen-bond donors (Lipinski definition) is 0. The van der Waals surface area contributed by atoms with Gasteiger partial charge in [0.15, 0.2) is 11.7 Å². The molecule has 0 atom stereocenters. The normalized spacial score (nSPS) is 10.7. The summed E-state index contributed by atoms with van der Waals surface area (Å²) in [5.41, 5.74) is 0.774. The number of rotatable bonds is 9. The molecule has 6 nitrogen and oxygen atoms in total. The molecule has 0 aliphatic rings. The van der Waals surface area contributed by atoms with E-state index < -0.39 is 0 Å². The van der Waals surface area contributed by atoms with Crippen LogP contribution in [0.3, 0.4) is 0 Å². The van der Waals surface area contributed by atoms with Gasteiger partial charge in [0.1, 0.15) is 17.0 Å². The fourth-order valence-corrected chi connectivity index (χ4v) is 3.83.